The molecule has 4 rings (SSSR count). The summed E-state index contributed by atoms with van der Waals surface area (Å²) in [5.41, 5.74) is 2.46. The molecule has 164 valence electrons. The smallest absolute Gasteiger partial charge is 0.390 e. The first-order valence-electron chi connectivity index (χ1n) is 9.30. The number of hydrogen-bond acceptors (Lipinski definition) is 6. The highest BCUT2D eigenvalue weighted by Crippen LogP contribution is 2.32. The largest absolute Gasteiger partial charge is 0.417 e. The van der Waals surface area contributed by atoms with Gasteiger partial charge in [0.2, 0.25) is 0 Å². The lowest BCUT2D eigenvalue weighted by atomic mass is 10.0. The van der Waals surface area contributed by atoms with Crippen molar-refractivity contribution in [2.45, 2.75) is 31.3 Å². The van der Waals surface area contributed by atoms with Crippen molar-refractivity contribution in [3.05, 3.63) is 53.2 Å². The molecule has 2 aromatic rings. The number of carbonyl (C=O) groups is 1. The third-order valence-electron chi connectivity index (χ3n) is 4.89. The van der Waals surface area contributed by atoms with Gasteiger partial charge >= 0.3 is 12.2 Å². The molecule has 0 unspecified atom stereocenters. The molecule has 1 aromatic heterocycles. The van der Waals surface area contributed by atoms with Crippen LogP contribution in [0.2, 0.25) is 5.02 Å². The number of oxime groups is 1. The number of para-hydroxylation sites is 1. The van der Waals surface area contributed by atoms with Crippen LogP contribution in [-0.2, 0) is 11.0 Å². The lowest BCUT2D eigenvalue weighted by Gasteiger charge is -2.24. The Bertz CT molecular complexity index is 1020. The van der Waals surface area contributed by atoms with Crippen LogP contribution in [0.1, 0.15) is 18.9 Å². The second-order valence-corrected chi connectivity index (χ2v) is 7.65. The van der Waals surface area contributed by atoms with E-state index >= 15 is 0 Å². The van der Waals surface area contributed by atoms with Gasteiger partial charge in [0.15, 0.2) is 0 Å². The van der Waals surface area contributed by atoms with E-state index in [2.05, 4.69) is 26.2 Å². The van der Waals surface area contributed by atoms with Crippen molar-refractivity contribution in [3.63, 3.8) is 0 Å². The van der Waals surface area contributed by atoms with Crippen molar-refractivity contribution < 1.29 is 22.8 Å². The van der Waals surface area contributed by atoms with E-state index in [1.54, 1.807) is 19.1 Å². The third kappa shape index (κ3) is 4.37. The minimum atomic E-state index is -4.52. The molecule has 3 heterocycles. The van der Waals surface area contributed by atoms with Gasteiger partial charge in [-0.05, 0) is 25.1 Å². The Labute approximate surface area is 180 Å². The average Bonchev–Trinajstić information content (AvgIpc) is 3.32. The minimum Gasteiger partial charge on any atom is -0.390 e. The molecule has 0 aliphatic carbocycles. The molecule has 0 spiro atoms. The molecule has 0 radical (unpaired) electrons. The normalized spacial score (nSPS) is 23.4. The van der Waals surface area contributed by atoms with E-state index in [0.717, 1.165) is 6.07 Å². The Hall–Kier alpha value is -3.05. The lowest BCUT2D eigenvalue weighted by molar-refractivity contribution is -0.137. The van der Waals surface area contributed by atoms with Crippen LogP contribution in [0.25, 0.3) is 0 Å². The number of anilines is 2. The molecule has 2 atom stereocenters. The van der Waals surface area contributed by atoms with E-state index in [9.17, 15) is 18.0 Å². The van der Waals surface area contributed by atoms with Crippen molar-refractivity contribution in [1.82, 2.24) is 15.7 Å². The second-order valence-electron chi connectivity index (χ2n) is 7.24. The second kappa shape index (κ2) is 7.89. The third-order valence-corrected chi connectivity index (χ3v) is 5.17. The van der Waals surface area contributed by atoms with Gasteiger partial charge in [-0.2, -0.15) is 18.6 Å². The molecule has 2 amide bonds. The fourth-order valence-electron chi connectivity index (χ4n) is 3.23. The van der Waals surface area contributed by atoms with Crippen molar-refractivity contribution in [2.75, 3.05) is 16.9 Å². The van der Waals surface area contributed by atoms with Crippen LogP contribution >= 0.6 is 11.6 Å². The first kappa shape index (κ1) is 21.2. The molecule has 1 saturated heterocycles. The highest BCUT2D eigenvalue weighted by atomic mass is 35.5. The molecule has 0 bridgehead atoms. The molecule has 2 aliphatic rings. The number of hydrazine groups is 1. The van der Waals surface area contributed by atoms with Crippen molar-refractivity contribution in [2.24, 2.45) is 5.16 Å². The summed E-state index contributed by atoms with van der Waals surface area (Å²) in [5, 5.41) is 11.0. The Kier molecular flexibility index (Phi) is 5.40. The number of hydrogen-bond donors (Lipinski definition) is 3. The maximum Gasteiger partial charge on any atom is 0.417 e. The topological polar surface area (TPSA) is 90.9 Å². The van der Waals surface area contributed by atoms with Gasteiger partial charge in [0.25, 0.3) is 0 Å². The van der Waals surface area contributed by atoms with E-state index in [4.69, 9.17) is 16.4 Å². The highest BCUT2D eigenvalue weighted by Gasteiger charge is 2.45. The summed E-state index contributed by atoms with van der Waals surface area (Å²) in [6.45, 7) is 1.97. The fourth-order valence-corrected chi connectivity index (χ4v) is 3.47. The highest BCUT2D eigenvalue weighted by molar-refractivity contribution is 6.33. The number of urea groups is 1. The number of nitrogens with one attached hydrogen (secondary N) is 3. The summed E-state index contributed by atoms with van der Waals surface area (Å²) < 4.78 is 38.2. The number of alkyl halides is 3. The maximum absolute atomic E-state index is 12.7. The van der Waals surface area contributed by atoms with E-state index in [1.807, 2.05) is 18.2 Å². The van der Waals surface area contributed by atoms with Gasteiger partial charge in [-0.3, -0.25) is 0 Å². The van der Waals surface area contributed by atoms with Crippen molar-refractivity contribution in [1.29, 1.82) is 0 Å². The summed E-state index contributed by atoms with van der Waals surface area (Å²) in [4.78, 5) is 21.6. The summed E-state index contributed by atoms with van der Waals surface area (Å²) in [6.07, 6.45) is -3.86. The van der Waals surface area contributed by atoms with Crippen molar-refractivity contribution in [3.8, 4) is 0 Å². The van der Waals surface area contributed by atoms with Gasteiger partial charge in [0.1, 0.15) is 23.3 Å². The van der Waals surface area contributed by atoms with Gasteiger partial charge < -0.3 is 15.5 Å². The van der Waals surface area contributed by atoms with Crippen molar-refractivity contribution >= 4 is 34.8 Å². The van der Waals surface area contributed by atoms with Gasteiger partial charge in [0, 0.05) is 12.6 Å². The van der Waals surface area contributed by atoms with E-state index in [1.165, 1.54) is 5.01 Å². The van der Waals surface area contributed by atoms with Gasteiger partial charge in [-0.25, -0.2) is 14.8 Å². The zero-order valence-corrected chi connectivity index (χ0v) is 17.0. The summed E-state index contributed by atoms with van der Waals surface area (Å²) in [5.74, 6) is 0.112. The standard InChI is InChI=1S/C19H18ClF3N6O2/c1-18(26-17(30)29(28-18)12-5-3-2-4-6-12)15-8-13(31-27-15)10-25-16-14(20)7-11(9-24-16)19(21,22)23/h2-7,9,13,28H,8,10H2,1H3,(H,24,25)(H,26,30)/t13-,18+/m0/s1. The number of pyridine rings is 1. The van der Waals surface area contributed by atoms with Crippen LogP contribution in [0.5, 0.6) is 0 Å². The van der Waals surface area contributed by atoms with E-state index in [-0.39, 0.29) is 23.4 Å². The number of halogens is 4. The molecule has 1 aromatic carbocycles. The molecule has 31 heavy (non-hydrogen) atoms. The predicted molar refractivity (Wildman–Crippen MR) is 109 cm³/mol. The van der Waals surface area contributed by atoms with Crippen LogP contribution in [0.4, 0.5) is 29.5 Å². The summed E-state index contributed by atoms with van der Waals surface area (Å²) in [7, 11) is 0. The van der Waals surface area contributed by atoms with Crippen LogP contribution in [0.15, 0.2) is 47.8 Å². The molecule has 3 N–H and O–H groups in total. The van der Waals surface area contributed by atoms with E-state index < -0.39 is 23.5 Å². The zero-order chi connectivity index (χ0) is 22.2. The Balaban J connectivity index is 1.36. The summed E-state index contributed by atoms with van der Waals surface area (Å²) in [6, 6.07) is 9.54. The number of carbonyl (C=O) groups excluding carboxylic acids is 1. The Morgan fingerprint density at radius 2 is 2.10 bits per heavy atom. The number of aromatic nitrogens is 1. The average molecular weight is 455 g/mol. The quantitative estimate of drug-likeness (QED) is 0.640. The van der Waals surface area contributed by atoms with Crippen LogP contribution in [0.3, 0.4) is 0 Å². The van der Waals surface area contributed by atoms with Crippen LogP contribution in [0, 0.1) is 0 Å². The van der Waals surface area contributed by atoms with Crippen LogP contribution in [-0.4, -0.2) is 35.0 Å². The molecule has 0 saturated carbocycles. The first-order valence-corrected chi connectivity index (χ1v) is 9.68. The fraction of sp³-hybridized carbons (Fsp3) is 0.316. The number of nitrogens with zero attached hydrogens (tertiary/aromatic N) is 3. The van der Waals surface area contributed by atoms with Gasteiger partial charge in [-0.1, -0.05) is 35.0 Å². The Morgan fingerprint density at radius 3 is 2.77 bits per heavy atom. The minimum absolute atomic E-state index is 0.112. The van der Waals surface area contributed by atoms with Gasteiger partial charge in [0.05, 0.1) is 22.8 Å². The number of amides is 2. The Morgan fingerprint density at radius 1 is 1.35 bits per heavy atom. The predicted octanol–water partition coefficient (Wildman–Crippen LogP) is 3.76. The maximum atomic E-state index is 12.7. The number of rotatable bonds is 5. The molecular weight excluding hydrogens is 437 g/mol. The molecule has 12 heteroatoms. The lowest BCUT2D eigenvalue weighted by Crippen LogP contribution is -2.55. The molecular formula is C19H18ClF3N6O2. The monoisotopic (exact) mass is 454 g/mol. The number of benzene rings is 1. The zero-order valence-electron chi connectivity index (χ0n) is 16.2. The van der Waals surface area contributed by atoms with Crippen LogP contribution < -0.4 is 21.1 Å². The van der Waals surface area contributed by atoms with E-state index in [0.29, 0.717) is 24.0 Å². The summed E-state index contributed by atoms with van der Waals surface area (Å²) >= 11 is 5.91. The molecule has 8 nitrogen and oxygen atoms in total. The molecule has 2 aliphatic heterocycles. The van der Waals surface area contributed by atoms with Gasteiger partial charge in [-0.15, -0.1) is 0 Å². The first-order chi connectivity index (χ1) is 14.7. The molecule has 1 fully saturated rings. The SMILES string of the molecule is C[C@@]1(C2=NO[C@H](CNc3ncc(C(F)(F)F)cc3Cl)C2)NC(=O)N(c2ccccc2)N1.